The number of carbonyl (C=O) groups is 5. The summed E-state index contributed by atoms with van der Waals surface area (Å²) < 4.78 is 0. The first-order chi connectivity index (χ1) is 16.7. The number of nitrogens with one attached hydrogen (secondary N) is 3. The van der Waals surface area contributed by atoms with E-state index in [0.29, 0.717) is 0 Å². The molecule has 0 radical (unpaired) electrons. The number of carboxylic acid groups (broad SMARTS) is 1. The fourth-order valence-corrected chi connectivity index (χ4v) is 3.23. The van der Waals surface area contributed by atoms with Crippen LogP contribution in [0.5, 0.6) is 0 Å². The Bertz CT molecular complexity index is 1030. The van der Waals surface area contributed by atoms with Crippen molar-refractivity contribution in [2.75, 3.05) is 6.54 Å². The second-order valence-electron chi connectivity index (χ2n) is 7.89. The maximum absolute atomic E-state index is 13.0. The van der Waals surface area contributed by atoms with E-state index in [0.717, 1.165) is 11.1 Å². The molecule has 2 aromatic rings. The van der Waals surface area contributed by atoms with Gasteiger partial charge in [-0.15, -0.1) is 0 Å². The van der Waals surface area contributed by atoms with E-state index in [9.17, 15) is 29.1 Å². The summed E-state index contributed by atoms with van der Waals surface area (Å²) in [5, 5.41) is 16.9. The number of carboxylic acids is 1. The number of benzene rings is 2. The van der Waals surface area contributed by atoms with Crippen LogP contribution < -0.4 is 27.4 Å². The van der Waals surface area contributed by atoms with Crippen LogP contribution in [-0.2, 0) is 36.8 Å². The monoisotopic (exact) mass is 483 g/mol. The summed E-state index contributed by atoms with van der Waals surface area (Å²) in [6, 6.07) is 14.1. The lowest BCUT2D eigenvalue weighted by Crippen LogP contribution is -2.55. The third-order valence-electron chi connectivity index (χ3n) is 5.01. The smallest absolute Gasteiger partial charge is 0.326 e. The molecule has 8 N–H and O–H groups in total. The Balaban J connectivity index is 2.07. The SMILES string of the molecule is NC(=O)CC(N)C(=O)NCC(=O)NC(Cc1ccccc1)C(=O)NC(Cc1ccccc1)C(=O)O. The molecule has 11 nitrogen and oxygen atoms in total. The van der Waals surface area contributed by atoms with Crippen LogP contribution in [0.1, 0.15) is 17.5 Å². The van der Waals surface area contributed by atoms with E-state index in [1.54, 1.807) is 60.7 Å². The normalized spacial score (nSPS) is 13.1. The van der Waals surface area contributed by atoms with Crippen LogP contribution in [0.2, 0.25) is 0 Å². The third kappa shape index (κ3) is 9.64. The topological polar surface area (TPSA) is 194 Å². The maximum Gasteiger partial charge on any atom is 0.326 e. The molecule has 0 aromatic heterocycles. The van der Waals surface area contributed by atoms with Gasteiger partial charge in [-0.05, 0) is 11.1 Å². The zero-order chi connectivity index (χ0) is 25.8. The van der Waals surface area contributed by atoms with Crippen LogP contribution in [0.3, 0.4) is 0 Å². The van der Waals surface area contributed by atoms with Gasteiger partial charge in [-0.25, -0.2) is 4.79 Å². The highest BCUT2D eigenvalue weighted by Crippen LogP contribution is 2.07. The fraction of sp³-hybridized carbons (Fsp3) is 0.292. The summed E-state index contributed by atoms with van der Waals surface area (Å²) in [5.74, 6) is -4.13. The van der Waals surface area contributed by atoms with Crippen LogP contribution in [-0.4, -0.2) is 59.4 Å². The van der Waals surface area contributed by atoms with Gasteiger partial charge < -0.3 is 32.5 Å². The number of carbonyl (C=O) groups excluding carboxylic acids is 4. The molecule has 2 aromatic carbocycles. The molecule has 0 aliphatic heterocycles. The molecule has 0 spiro atoms. The molecule has 0 bridgehead atoms. The summed E-state index contributed by atoms with van der Waals surface area (Å²) in [7, 11) is 0. The number of hydrogen-bond acceptors (Lipinski definition) is 6. The second-order valence-corrected chi connectivity index (χ2v) is 7.89. The van der Waals surface area contributed by atoms with E-state index in [4.69, 9.17) is 11.5 Å². The Morgan fingerprint density at radius 3 is 1.77 bits per heavy atom. The molecule has 2 rings (SSSR count). The molecular formula is C24H29N5O6. The molecule has 3 unspecified atom stereocenters. The van der Waals surface area contributed by atoms with E-state index in [1.165, 1.54) is 0 Å². The van der Waals surface area contributed by atoms with Gasteiger partial charge in [-0.3, -0.25) is 19.2 Å². The molecule has 0 fully saturated rings. The Morgan fingerprint density at radius 2 is 1.29 bits per heavy atom. The van der Waals surface area contributed by atoms with E-state index < -0.39 is 54.3 Å². The van der Waals surface area contributed by atoms with Crippen LogP contribution >= 0.6 is 0 Å². The van der Waals surface area contributed by atoms with E-state index in [-0.39, 0.29) is 19.3 Å². The molecule has 35 heavy (non-hydrogen) atoms. The molecule has 0 saturated heterocycles. The number of amides is 4. The van der Waals surface area contributed by atoms with Crippen LogP contribution in [0.25, 0.3) is 0 Å². The van der Waals surface area contributed by atoms with Crippen molar-refractivity contribution < 1.29 is 29.1 Å². The van der Waals surface area contributed by atoms with Crippen molar-refractivity contribution in [2.45, 2.75) is 37.4 Å². The number of nitrogens with two attached hydrogens (primary N) is 2. The lowest BCUT2D eigenvalue weighted by atomic mass is 10.0. The Morgan fingerprint density at radius 1 is 0.771 bits per heavy atom. The van der Waals surface area contributed by atoms with Gasteiger partial charge in [0.1, 0.15) is 12.1 Å². The van der Waals surface area contributed by atoms with Gasteiger partial charge in [-0.1, -0.05) is 60.7 Å². The highest BCUT2D eigenvalue weighted by molar-refractivity contribution is 5.93. The minimum Gasteiger partial charge on any atom is -0.480 e. The van der Waals surface area contributed by atoms with Crippen LogP contribution in [0.15, 0.2) is 60.7 Å². The number of hydrogen-bond donors (Lipinski definition) is 6. The van der Waals surface area contributed by atoms with Crippen molar-refractivity contribution in [2.24, 2.45) is 11.5 Å². The second kappa shape index (κ2) is 13.5. The van der Waals surface area contributed by atoms with Crippen molar-refractivity contribution in [3.05, 3.63) is 71.8 Å². The third-order valence-corrected chi connectivity index (χ3v) is 5.01. The maximum atomic E-state index is 13.0. The number of primary amides is 1. The minimum atomic E-state index is -1.22. The summed E-state index contributed by atoms with van der Waals surface area (Å²) in [6.45, 7) is -0.504. The van der Waals surface area contributed by atoms with Crippen LogP contribution in [0, 0.1) is 0 Å². The van der Waals surface area contributed by atoms with Gasteiger partial charge in [0, 0.05) is 12.8 Å². The first-order valence-corrected chi connectivity index (χ1v) is 10.9. The largest absolute Gasteiger partial charge is 0.480 e. The Kier molecular flexibility index (Phi) is 10.4. The van der Waals surface area contributed by atoms with Crippen molar-refractivity contribution in [1.82, 2.24) is 16.0 Å². The van der Waals surface area contributed by atoms with Gasteiger partial charge in [-0.2, -0.15) is 0 Å². The molecular weight excluding hydrogens is 454 g/mol. The Labute approximate surface area is 202 Å². The zero-order valence-electron chi connectivity index (χ0n) is 19.0. The standard InChI is InChI=1S/C24H29N5O6/c25-17(13-20(26)30)22(32)27-14-21(31)28-18(11-15-7-3-1-4-8-15)23(33)29-19(24(34)35)12-16-9-5-2-6-10-16/h1-10,17-19H,11-14,25H2,(H2,26,30)(H,27,32)(H,28,31)(H,29,33)(H,34,35). The number of rotatable bonds is 13. The van der Waals surface area contributed by atoms with Crippen molar-refractivity contribution >= 4 is 29.6 Å². The highest BCUT2D eigenvalue weighted by atomic mass is 16.4. The van der Waals surface area contributed by atoms with Crippen molar-refractivity contribution in [3.8, 4) is 0 Å². The van der Waals surface area contributed by atoms with Gasteiger partial charge in [0.05, 0.1) is 19.0 Å². The Hall–Kier alpha value is -4.25. The van der Waals surface area contributed by atoms with E-state index >= 15 is 0 Å². The molecule has 11 heteroatoms. The summed E-state index contributed by atoms with van der Waals surface area (Å²) in [4.78, 5) is 60.0. The predicted molar refractivity (Wildman–Crippen MR) is 127 cm³/mol. The molecule has 186 valence electrons. The average molecular weight is 484 g/mol. The van der Waals surface area contributed by atoms with Crippen LogP contribution in [0.4, 0.5) is 0 Å². The molecule has 3 atom stereocenters. The van der Waals surface area contributed by atoms with Crippen molar-refractivity contribution in [3.63, 3.8) is 0 Å². The minimum absolute atomic E-state index is 0.0573. The molecule has 0 saturated carbocycles. The van der Waals surface area contributed by atoms with Crippen molar-refractivity contribution in [1.29, 1.82) is 0 Å². The molecule has 0 aliphatic rings. The van der Waals surface area contributed by atoms with Gasteiger partial charge in [0.15, 0.2) is 0 Å². The van der Waals surface area contributed by atoms with E-state index in [2.05, 4.69) is 16.0 Å². The lowest BCUT2D eigenvalue weighted by Gasteiger charge is -2.22. The van der Waals surface area contributed by atoms with Gasteiger partial charge in [0.25, 0.3) is 0 Å². The average Bonchev–Trinajstić information content (AvgIpc) is 2.82. The number of aliphatic carboxylic acids is 1. The summed E-state index contributed by atoms with van der Waals surface area (Å²) in [5.41, 5.74) is 12.0. The quantitative estimate of drug-likeness (QED) is 0.207. The summed E-state index contributed by atoms with van der Waals surface area (Å²) in [6.07, 6.45) is -0.239. The molecule has 4 amide bonds. The predicted octanol–water partition coefficient (Wildman–Crippen LogP) is -1.16. The zero-order valence-corrected chi connectivity index (χ0v) is 19.0. The van der Waals surface area contributed by atoms with Gasteiger partial charge in [0.2, 0.25) is 23.6 Å². The van der Waals surface area contributed by atoms with Gasteiger partial charge >= 0.3 is 5.97 Å². The molecule has 0 aliphatic carbocycles. The van der Waals surface area contributed by atoms with E-state index in [1.807, 2.05) is 0 Å². The highest BCUT2D eigenvalue weighted by Gasteiger charge is 2.27. The first-order valence-electron chi connectivity index (χ1n) is 10.9. The summed E-state index contributed by atoms with van der Waals surface area (Å²) >= 11 is 0. The first kappa shape index (κ1) is 27.0. The lowest BCUT2D eigenvalue weighted by molar-refractivity contribution is -0.142. The fourth-order valence-electron chi connectivity index (χ4n) is 3.23. The molecule has 0 heterocycles.